The molecule has 172 valence electrons. The number of Topliss-reactive ketones (excluding diaryl/α,β-unsaturated/α-hetero) is 1. The second-order valence-electron chi connectivity index (χ2n) is 6.84. The zero-order valence-electron chi connectivity index (χ0n) is 18.5. The molecule has 0 bridgehead atoms. The third kappa shape index (κ3) is 5.45. The van der Waals surface area contributed by atoms with E-state index in [1.54, 1.807) is 18.2 Å². The van der Waals surface area contributed by atoms with Gasteiger partial charge in [0.2, 0.25) is 5.78 Å². The molecule has 1 aromatic carbocycles. The van der Waals surface area contributed by atoms with E-state index in [0.29, 0.717) is 17.9 Å². The molecule has 1 heterocycles. The van der Waals surface area contributed by atoms with Crippen LogP contribution in [-0.4, -0.2) is 41.2 Å². The number of ether oxygens (including phenoxy) is 3. The van der Waals surface area contributed by atoms with E-state index in [4.69, 9.17) is 19.9 Å². The molecule has 10 heteroatoms. The predicted molar refractivity (Wildman–Crippen MR) is 119 cm³/mol. The number of methoxy groups -OCH3 is 1. The summed E-state index contributed by atoms with van der Waals surface area (Å²) < 4.78 is 17.6. The third-order valence-corrected chi connectivity index (χ3v) is 4.57. The minimum absolute atomic E-state index is 0.237. The van der Waals surface area contributed by atoms with Crippen LogP contribution in [0.2, 0.25) is 0 Å². The number of ketones is 1. The lowest BCUT2D eigenvalue weighted by Crippen LogP contribution is -2.43. The van der Waals surface area contributed by atoms with E-state index in [0.717, 1.165) is 14.7 Å². The molecule has 0 aliphatic carbocycles. The summed E-state index contributed by atoms with van der Waals surface area (Å²) in [5.41, 5.74) is 4.93. The van der Waals surface area contributed by atoms with E-state index in [1.165, 1.54) is 14.2 Å². The fourth-order valence-corrected chi connectivity index (χ4v) is 2.98. The van der Waals surface area contributed by atoms with Crippen molar-refractivity contribution < 1.29 is 23.8 Å². The van der Waals surface area contributed by atoms with Crippen LogP contribution in [-0.2, 0) is 23.1 Å². The molecular weight excluding hydrogens is 418 g/mol. The molecule has 0 saturated heterocycles. The number of hydrogen-bond acceptors (Lipinski definition) is 8. The van der Waals surface area contributed by atoms with Gasteiger partial charge in [0.1, 0.15) is 11.4 Å². The molecular formula is C22H27N3O7. The van der Waals surface area contributed by atoms with Gasteiger partial charge in [0.15, 0.2) is 24.7 Å². The van der Waals surface area contributed by atoms with Crippen molar-refractivity contribution in [2.24, 2.45) is 7.05 Å². The number of allylic oxidation sites excluding steroid dienone is 1. The molecule has 2 aromatic rings. The van der Waals surface area contributed by atoms with Crippen LogP contribution in [0.5, 0.6) is 11.5 Å². The van der Waals surface area contributed by atoms with Crippen LogP contribution in [0.15, 0.2) is 33.9 Å². The summed E-state index contributed by atoms with van der Waals surface area (Å²) in [5, 5.41) is 0. The third-order valence-electron chi connectivity index (χ3n) is 4.57. The highest BCUT2D eigenvalue weighted by atomic mass is 16.6. The van der Waals surface area contributed by atoms with E-state index in [-0.39, 0.29) is 12.4 Å². The molecule has 2 rings (SSSR count). The number of nitrogen functional groups attached to an aromatic ring is 1. The Kier molecular flexibility index (Phi) is 8.39. The molecule has 0 amide bonds. The Hall–Kier alpha value is -3.82. The van der Waals surface area contributed by atoms with Crippen LogP contribution in [0, 0.1) is 0 Å². The van der Waals surface area contributed by atoms with Crippen molar-refractivity contribution in [3.8, 4) is 11.5 Å². The number of carbonyl (C=O) groups excluding carboxylic acids is 2. The molecule has 0 aliphatic heterocycles. The number of esters is 1. The normalized spacial score (nSPS) is 10.9. The summed E-state index contributed by atoms with van der Waals surface area (Å²) in [6, 6.07) is 5.18. The first-order valence-electron chi connectivity index (χ1n) is 9.96. The fourth-order valence-electron chi connectivity index (χ4n) is 2.98. The summed E-state index contributed by atoms with van der Waals surface area (Å²) in [5.74, 6) is -1.12. The van der Waals surface area contributed by atoms with Gasteiger partial charge in [-0.2, -0.15) is 0 Å². The van der Waals surface area contributed by atoms with E-state index in [1.807, 2.05) is 26.0 Å². The molecule has 0 radical (unpaired) electrons. The van der Waals surface area contributed by atoms with Crippen LogP contribution in [0.1, 0.15) is 36.2 Å². The van der Waals surface area contributed by atoms with Crippen LogP contribution in [0.25, 0.3) is 6.08 Å². The molecule has 0 spiro atoms. The molecule has 0 atom stereocenters. The first-order valence-corrected chi connectivity index (χ1v) is 9.96. The summed E-state index contributed by atoms with van der Waals surface area (Å²) in [4.78, 5) is 49.2. The van der Waals surface area contributed by atoms with E-state index < -0.39 is 41.8 Å². The van der Waals surface area contributed by atoms with Gasteiger partial charge in [0.25, 0.3) is 5.56 Å². The number of aromatic nitrogens is 2. The maximum absolute atomic E-state index is 12.5. The zero-order valence-corrected chi connectivity index (χ0v) is 18.5. The highest BCUT2D eigenvalue weighted by Gasteiger charge is 2.22. The van der Waals surface area contributed by atoms with Gasteiger partial charge in [-0.1, -0.05) is 25.1 Å². The summed E-state index contributed by atoms with van der Waals surface area (Å²) in [7, 11) is 2.73. The van der Waals surface area contributed by atoms with Gasteiger partial charge in [-0.15, -0.1) is 0 Å². The minimum atomic E-state index is -0.844. The molecule has 0 fully saturated rings. The summed E-state index contributed by atoms with van der Waals surface area (Å²) in [6.07, 6.45) is 4.32. The van der Waals surface area contributed by atoms with Crippen LogP contribution in [0.3, 0.4) is 0 Å². The lowest BCUT2D eigenvalue weighted by atomic mass is 10.2. The van der Waals surface area contributed by atoms with Gasteiger partial charge in [0, 0.05) is 13.6 Å². The topological polar surface area (TPSA) is 132 Å². The Bertz CT molecular complexity index is 1150. The average molecular weight is 445 g/mol. The Morgan fingerprint density at radius 3 is 2.50 bits per heavy atom. The van der Waals surface area contributed by atoms with E-state index >= 15 is 0 Å². The minimum Gasteiger partial charge on any atom is -0.493 e. The molecule has 0 unspecified atom stereocenters. The fraction of sp³-hybridized carbons (Fsp3) is 0.364. The maximum atomic E-state index is 12.5. The number of nitrogens with two attached hydrogens (primary N) is 1. The Morgan fingerprint density at radius 2 is 1.88 bits per heavy atom. The number of nitrogens with zero attached hydrogens (tertiary/aromatic N) is 2. The number of rotatable bonds is 10. The molecule has 10 nitrogen and oxygen atoms in total. The van der Waals surface area contributed by atoms with Crippen LogP contribution < -0.4 is 26.5 Å². The van der Waals surface area contributed by atoms with Crippen LogP contribution >= 0.6 is 0 Å². The first kappa shape index (κ1) is 24.4. The van der Waals surface area contributed by atoms with E-state index in [9.17, 15) is 19.2 Å². The quantitative estimate of drug-likeness (QED) is 0.429. The van der Waals surface area contributed by atoms with Crippen molar-refractivity contribution >= 4 is 23.6 Å². The second-order valence-corrected chi connectivity index (χ2v) is 6.84. The van der Waals surface area contributed by atoms with Crippen molar-refractivity contribution in [3.05, 3.63) is 56.2 Å². The number of anilines is 1. The predicted octanol–water partition coefficient (Wildman–Crippen LogP) is 1.39. The van der Waals surface area contributed by atoms with Gasteiger partial charge in [-0.25, -0.2) is 9.59 Å². The van der Waals surface area contributed by atoms with Gasteiger partial charge in [-0.05, 0) is 31.0 Å². The SMILES string of the molecule is C/C=C/c1ccc(OCC(=O)OCC(=O)c2c(N)n(CCC)c(=O)n(C)c2=O)c(OC)c1. The Morgan fingerprint density at radius 1 is 1.16 bits per heavy atom. The summed E-state index contributed by atoms with van der Waals surface area (Å²) in [6.45, 7) is 2.75. The maximum Gasteiger partial charge on any atom is 0.344 e. The largest absolute Gasteiger partial charge is 0.493 e. The Labute approximate surface area is 184 Å². The molecule has 0 saturated carbocycles. The van der Waals surface area contributed by atoms with Crippen molar-refractivity contribution in [1.29, 1.82) is 0 Å². The van der Waals surface area contributed by atoms with Crippen molar-refractivity contribution in [3.63, 3.8) is 0 Å². The lowest BCUT2D eigenvalue weighted by Gasteiger charge is -2.14. The van der Waals surface area contributed by atoms with Gasteiger partial charge >= 0.3 is 11.7 Å². The first-order chi connectivity index (χ1) is 15.2. The Balaban J connectivity index is 2.07. The molecule has 1 aromatic heterocycles. The second kappa shape index (κ2) is 11.0. The summed E-state index contributed by atoms with van der Waals surface area (Å²) >= 11 is 0. The zero-order chi connectivity index (χ0) is 23.8. The van der Waals surface area contributed by atoms with Crippen molar-refractivity contribution in [1.82, 2.24) is 9.13 Å². The molecule has 0 aliphatic rings. The van der Waals surface area contributed by atoms with Crippen LogP contribution in [0.4, 0.5) is 5.82 Å². The van der Waals surface area contributed by atoms with Gasteiger partial charge in [0.05, 0.1) is 7.11 Å². The van der Waals surface area contributed by atoms with E-state index in [2.05, 4.69) is 0 Å². The number of hydrogen-bond donors (Lipinski definition) is 1. The van der Waals surface area contributed by atoms with Crippen molar-refractivity contribution in [2.45, 2.75) is 26.8 Å². The molecule has 2 N–H and O–H groups in total. The monoisotopic (exact) mass is 445 g/mol. The number of carbonyl (C=O) groups is 2. The highest BCUT2D eigenvalue weighted by molar-refractivity contribution is 6.01. The van der Waals surface area contributed by atoms with Gasteiger partial charge < -0.3 is 19.9 Å². The van der Waals surface area contributed by atoms with Gasteiger partial charge in [-0.3, -0.25) is 18.7 Å². The molecule has 32 heavy (non-hydrogen) atoms. The number of benzene rings is 1. The van der Waals surface area contributed by atoms with Crippen molar-refractivity contribution in [2.75, 3.05) is 26.1 Å². The highest BCUT2D eigenvalue weighted by Crippen LogP contribution is 2.28. The average Bonchev–Trinajstić information content (AvgIpc) is 2.78. The standard InChI is InChI=1S/C22H27N3O7/c1-5-7-14-8-9-16(17(11-14)30-4)31-13-18(27)32-12-15(26)19-20(23)25(10-6-2)22(29)24(3)21(19)28/h5,7-9,11H,6,10,12-13,23H2,1-4H3/b7-5+. The smallest absolute Gasteiger partial charge is 0.344 e. The lowest BCUT2D eigenvalue weighted by molar-refractivity contribution is -0.144.